The van der Waals surface area contributed by atoms with Crippen molar-refractivity contribution in [3.8, 4) is 0 Å². The second kappa shape index (κ2) is 3.51. The summed E-state index contributed by atoms with van der Waals surface area (Å²) in [6, 6.07) is 0. The normalized spacial score (nSPS) is 31.2. The molecule has 0 bridgehead atoms. The van der Waals surface area contributed by atoms with Crippen molar-refractivity contribution in [3.05, 3.63) is 0 Å². The molecule has 4 heteroatoms. The molecule has 0 spiro atoms. The van der Waals surface area contributed by atoms with Crippen molar-refractivity contribution in [1.29, 1.82) is 0 Å². The Kier molecular flexibility index (Phi) is 2.88. The van der Waals surface area contributed by atoms with Gasteiger partial charge in [-0.15, -0.1) is 0 Å². The van der Waals surface area contributed by atoms with E-state index in [-0.39, 0.29) is 23.5 Å². The summed E-state index contributed by atoms with van der Waals surface area (Å²) in [5.74, 6) is 0.0968. The highest BCUT2D eigenvalue weighted by Crippen LogP contribution is 2.41. The number of carbonyl (C=O) groups excluding carboxylic acids is 1. The third-order valence-electron chi connectivity index (χ3n) is 3.06. The van der Waals surface area contributed by atoms with Crippen LogP contribution in [-0.2, 0) is 4.79 Å². The summed E-state index contributed by atoms with van der Waals surface area (Å²) in [6.07, 6.45) is 0.759. The van der Waals surface area contributed by atoms with Crippen LogP contribution in [0.25, 0.3) is 0 Å². The Hall–Kier alpha value is -0.610. The minimum Gasteiger partial charge on any atom is -0.395 e. The highest BCUT2D eigenvalue weighted by Gasteiger charge is 2.51. The van der Waals surface area contributed by atoms with Crippen molar-refractivity contribution < 1.29 is 9.90 Å². The number of nitrogens with two attached hydrogens (primary N) is 1. The summed E-state index contributed by atoms with van der Waals surface area (Å²) in [6.45, 7) is 6.67. The minimum absolute atomic E-state index is 0.00257. The average molecular weight is 200 g/mol. The lowest BCUT2D eigenvalue weighted by atomic mass is 9.84. The number of hydrogen-bond acceptors (Lipinski definition) is 3. The van der Waals surface area contributed by atoms with Gasteiger partial charge in [0.1, 0.15) is 0 Å². The van der Waals surface area contributed by atoms with Gasteiger partial charge in [0.25, 0.3) is 0 Å². The maximum atomic E-state index is 12.0. The number of rotatable bonds is 3. The second-order valence-corrected chi connectivity index (χ2v) is 4.94. The van der Waals surface area contributed by atoms with E-state index in [1.807, 2.05) is 20.8 Å². The van der Waals surface area contributed by atoms with E-state index < -0.39 is 0 Å². The highest BCUT2D eigenvalue weighted by molar-refractivity contribution is 5.85. The number of aliphatic hydroxyl groups excluding tert-OH is 1. The summed E-state index contributed by atoms with van der Waals surface area (Å²) in [5, 5.41) is 8.91. The number of likely N-dealkylation sites (tertiary alicyclic amines) is 1. The summed E-state index contributed by atoms with van der Waals surface area (Å²) in [7, 11) is 0. The maximum absolute atomic E-state index is 12.0. The van der Waals surface area contributed by atoms with Crippen LogP contribution in [0.4, 0.5) is 0 Å². The first kappa shape index (κ1) is 11.5. The zero-order chi connectivity index (χ0) is 11.0. The fourth-order valence-corrected chi connectivity index (χ4v) is 2.39. The number of nitrogens with zero attached hydrogens (tertiary/aromatic N) is 1. The van der Waals surface area contributed by atoms with Crippen molar-refractivity contribution in [1.82, 2.24) is 4.90 Å². The predicted molar refractivity (Wildman–Crippen MR) is 54.7 cm³/mol. The number of carbonyl (C=O) groups is 1. The third-order valence-corrected chi connectivity index (χ3v) is 3.06. The first-order valence-corrected chi connectivity index (χ1v) is 5.00. The van der Waals surface area contributed by atoms with Gasteiger partial charge < -0.3 is 15.7 Å². The molecule has 3 N–H and O–H groups in total. The zero-order valence-electron chi connectivity index (χ0n) is 9.21. The number of hydrogen-bond donors (Lipinski definition) is 2. The molecule has 1 rings (SSSR count). The van der Waals surface area contributed by atoms with Crippen LogP contribution >= 0.6 is 0 Å². The van der Waals surface area contributed by atoms with Gasteiger partial charge in [-0.1, -0.05) is 13.8 Å². The summed E-state index contributed by atoms with van der Waals surface area (Å²) < 4.78 is 0. The molecule has 4 nitrogen and oxygen atoms in total. The summed E-state index contributed by atoms with van der Waals surface area (Å²) in [5.41, 5.74) is 5.06. The minimum atomic E-state index is -0.344. The van der Waals surface area contributed by atoms with Crippen LogP contribution in [0.15, 0.2) is 0 Å². The van der Waals surface area contributed by atoms with E-state index in [0.29, 0.717) is 13.1 Å². The quantitative estimate of drug-likeness (QED) is 0.671. The van der Waals surface area contributed by atoms with Gasteiger partial charge in [0.15, 0.2) is 0 Å². The molecule has 0 aromatic carbocycles. The Balaban J connectivity index is 2.94. The fourth-order valence-electron chi connectivity index (χ4n) is 2.39. The van der Waals surface area contributed by atoms with Crippen LogP contribution in [0, 0.1) is 5.41 Å². The van der Waals surface area contributed by atoms with Gasteiger partial charge in [0.05, 0.1) is 12.1 Å². The number of amides is 1. The molecule has 82 valence electrons. The molecule has 1 aliphatic rings. The second-order valence-electron chi connectivity index (χ2n) is 4.94. The van der Waals surface area contributed by atoms with Gasteiger partial charge in [0, 0.05) is 18.5 Å². The van der Waals surface area contributed by atoms with E-state index >= 15 is 0 Å². The van der Waals surface area contributed by atoms with Crippen molar-refractivity contribution in [2.24, 2.45) is 11.1 Å². The van der Waals surface area contributed by atoms with Crippen LogP contribution in [0.5, 0.6) is 0 Å². The first-order valence-electron chi connectivity index (χ1n) is 5.00. The Morgan fingerprint density at radius 2 is 2.07 bits per heavy atom. The van der Waals surface area contributed by atoms with E-state index in [1.165, 1.54) is 0 Å². The molecule has 0 aromatic heterocycles. The van der Waals surface area contributed by atoms with E-state index in [0.717, 1.165) is 6.42 Å². The molecule has 1 heterocycles. The Morgan fingerprint density at radius 3 is 2.50 bits per heavy atom. The summed E-state index contributed by atoms with van der Waals surface area (Å²) >= 11 is 0. The van der Waals surface area contributed by atoms with E-state index in [1.54, 1.807) is 4.90 Å². The van der Waals surface area contributed by atoms with Crippen molar-refractivity contribution in [3.63, 3.8) is 0 Å². The lowest BCUT2D eigenvalue weighted by Crippen LogP contribution is -2.49. The van der Waals surface area contributed by atoms with Crippen LogP contribution < -0.4 is 5.73 Å². The molecule has 1 aliphatic heterocycles. The smallest absolute Gasteiger partial charge is 0.228 e. The van der Waals surface area contributed by atoms with Crippen LogP contribution in [-0.4, -0.2) is 41.1 Å². The van der Waals surface area contributed by atoms with E-state index in [2.05, 4.69) is 0 Å². The molecule has 1 atom stereocenters. The standard InChI is InChI=1S/C10H20N2O2/c1-9(2)6-10(3,7-11)12(4-5-13)8(9)14/h13H,4-7,11H2,1-3H3. The number of aliphatic hydroxyl groups is 1. The van der Waals surface area contributed by atoms with Gasteiger partial charge in [-0.2, -0.15) is 0 Å². The molecule has 0 radical (unpaired) electrons. The Morgan fingerprint density at radius 1 is 1.50 bits per heavy atom. The summed E-state index contributed by atoms with van der Waals surface area (Å²) in [4.78, 5) is 13.7. The van der Waals surface area contributed by atoms with Crippen LogP contribution in [0.1, 0.15) is 27.2 Å². The van der Waals surface area contributed by atoms with Crippen molar-refractivity contribution in [2.75, 3.05) is 19.7 Å². The number of β-amino-alcohol motifs (C(OH)–C–C–N with tert-alkyl or cyclic N) is 1. The van der Waals surface area contributed by atoms with Crippen LogP contribution in [0.3, 0.4) is 0 Å². The monoisotopic (exact) mass is 200 g/mol. The molecule has 0 saturated carbocycles. The van der Waals surface area contributed by atoms with Gasteiger partial charge in [-0.3, -0.25) is 4.79 Å². The van der Waals surface area contributed by atoms with E-state index in [4.69, 9.17) is 10.8 Å². The highest BCUT2D eigenvalue weighted by atomic mass is 16.3. The largest absolute Gasteiger partial charge is 0.395 e. The molecular weight excluding hydrogens is 180 g/mol. The third kappa shape index (κ3) is 1.64. The average Bonchev–Trinajstić information content (AvgIpc) is 2.27. The molecule has 0 aliphatic carbocycles. The fraction of sp³-hybridized carbons (Fsp3) is 0.900. The van der Waals surface area contributed by atoms with Crippen molar-refractivity contribution >= 4 is 5.91 Å². The maximum Gasteiger partial charge on any atom is 0.228 e. The van der Waals surface area contributed by atoms with Gasteiger partial charge in [-0.05, 0) is 13.3 Å². The molecule has 14 heavy (non-hydrogen) atoms. The van der Waals surface area contributed by atoms with Gasteiger partial charge >= 0.3 is 0 Å². The van der Waals surface area contributed by atoms with Gasteiger partial charge in [0.2, 0.25) is 5.91 Å². The Bertz CT molecular complexity index is 240. The topological polar surface area (TPSA) is 66.6 Å². The predicted octanol–water partition coefficient (Wildman–Crippen LogP) is -0.0454. The SMILES string of the molecule is CC1(C)CC(C)(CN)N(CCO)C1=O. The first-order chi connectivity index (χ1) is 6.37. The Labute approximate surface area is 85.1 Å². The van der Waals surface area contributed by atoms with Gasteiger partial charge in [-0.25, -0.2) is 0 Å². The van der Waals surface area contributed by atoms with E-state index in [9.17, 15) is 4.79 Å². The lowest BCUT2D eigenvalue weighted by Gasteiger charge is -2.33. The van der Waals surface area contributed by atoms with Crippen LogP contribution in [0.2, 0.25) is 0 Å². The molecule has 0 aromatic rings. The lowest BCUT2D eigenvalue weighted by molar-refractivity contribution is -0.137. The molecular formula is C10H20N2O2. The molecule has 1 unspecified atom stereocenters. The molecule has 1 amide bonds. The molecule has 1 fully saturated rings. The molecule has 1 saturated heterocycles. The zero-order valence-corrected chi connectivity index (χ0v) is 9.21. The van der Waals surface area contributed by atoms with Crippen molar-refractivity contribution in [2.45, 2.75) is 32.7 Å².